The quantitative estimate of drug-likeness (QED) is 0.540. The Bertz CT molecular complexity index is 329. The highest BCUT2D eigenvalue weighted by molar-refractivity contribution is 5.49. The number of hydrogen-bond acceptors (Lipinski definition) is 4. The molecule has 0 fully saturated rings. The van der Waals surface area contributed by atoms with Crippen molar-refractivity contribution in [3.05, 3.63) is 12.5 Å². The van der Waals surface area contributed by atoms with Gasteiger partial charge in [-0.3, -0.25) is 0 Å². The van der Waals surface area contributed by atoms with Crippen LogP contribution in [0.5, 0.6) is 0 Å². The van der Waals surface area contributed by atoms with E-state index in [1.807, 2.05) is 0 Å². The first kappa shape index (κ1) is 5.16. The summed E-state index contributed by atoms with van der Waals surface area (Å²) in [4.78, 5) is 3.78. The van der Waals surface area contributed by atoms with Gasteiger partial charge in [0.25, 0.3) is 0 Å². The zero-order chi connectivity index (χ0) is 7.14. The molecule has 0 unspecified atom stereocenters. The SMILES string of the molecule is Nc1coc2cnc(N)n12. The molecule has 5 nitrogen and oxygen atoms in total. The molecule has 0 aliphatic heterocycles. The van der Waals surface area contributed by atoms with E-state index >= 15 is 0 Å². The summed E-state index contributed by atoms with van der Waals surface area (Å²) in [6, 6.07) is 0. The van der Waals surface area contributed by atoms with Crippen LogP contribution < -0.4 is 11.5 Å². The second-order valence-electron chi connectivity index (χ2n) is 1.95. The van der Waals surface area contributed by atoms with Crippen LogP contribution in [0, 0.1) is 0 Å². The van der Waals surface area contributed by atoms with Crippen molar-refractivity contribution < 1.29 is 4.42 Å². The van der Waals surface area contributed by atoms with Gasteiger partial charge < -0.3 is 15.9 Å². The standard InChI is InChI=1S/C5H6N4O/c6-3-2-10-4-1-8-5(7)9(3)4/h1-2H,6H2,(H2,7,8). The molecule has 2 rings (SSSR count). The molecule has 0 bridgehead atoms. The fourth-order valence-electron chi connectivity index (χ4n) is 0.866. The fraction of sp³-hybridized carbons (Fsp3) is 0. The van der Waals surface area contributed by atoms with Crippen molar-refractivity contribution in [3.8, 4) is 0 Å². The second kappa shape index (κ2) is 1.44. The van der Waals surface area contributed by atoms with E-state index < -0.39 is 0 Å². The van der Waals surface area contributed by atoms with Gasteiger partial charge in [0.1, 0.15) is 12.1 Å². The van der Waals surface area contributed by atoms with Gasteiger partial charge in [-0.15, -0.1) is 0 Å². The maximum absolute atomic E-state index is 5.47. The van der Waals surface area contributed by atoms with E-state index in [0.29, 0.717) is 17.5 Å². The molecule has 0 radical (unpaired) electrons. The molecule has 0 saturated carbocycles. The van der Waals surface area contributed by atoms with Crippen molar-refractivity contribution in [2.75, 3.05) is 11.5 Å². The Hall–Kier alpha value is -1.65. The van der Waals surface area contributed by atoms with Crippen LogP contribution in [-0.2, 0) is 0 Å². The van der Waals surface area contributed by atoms with Crippen molar-refractivity contribution >= 4 is 17.5 Å². The summed E-state index contributed by atoms with van der Waals surface area (Å²) < 4.78 is 6.49. The predicted octanol–water partition coefficient (Wildman–Crippen LogP) is 0.0917. The first-order chi connectivity index (χ1) is 4.79. The normalized spacial score (nSPS) is 10.8. The molecule has 2 aromatic heterocycles. The average molecular weight is 138 g/mol. The molecule has 5 heteroatoms. The van der Waals surface area contributed by atoms with Gasteiger partial charge in [-0.1, -0.05) is 0 Å². The van der Waals surface area contributed by atoms with Crippen molar-refractivity contribution in [1.29, 1.82) is 0 Å². The Morgan fingerprint density at radius 3 is 3.00 bits per heavy atom. The molecular formula is C5H6N4O. The van der Waals surface area contributed by atoms with Gasteiger partial charge in [-0.05, 0) is 0 Å². The zero-order valence-electron chi connectivity index (χ0n) is 5.11. The van der Waals surface area contributed by atoms with Crippen LogP contribution in [0.3, 0.4) is 0 Å². The van der Waals surface area contributed by atoms with Crippen LogP contribution in [0.2, 0.25) is 0 Å². The summed E-state index contributed by atoms with van der Waals surface area (Å²) in [5.41, 5.74) is 11.5. The molecule has 0 aliphatic rings. The van der Waals surface area contributed by atoms with Gasteiger partial charge in [0.15, 0.2) is 0 Å². The van der Waals surface area contributed by atoms with Gasteiger partial charge in [0.2, 0.25) is 11.7 Å². The number of nitrogens with zero attached hydrogens (tertiary/aromatic N) is 2. The summed E-state index contributed by atoms with van der Waals surface area (Å²) in [6.07, 6.45) is 2.94. The van der Waals surface area contributed by atoms with E-state index in [9.17, 15) is 0 Å². The lowest BCUT2D eigenvalue weighted by molar-refractivity contribution is 0.609. The molecule has 0 spiro atoms. The number of anilines is 2. The Labute approximate surface area is 56.2 Å². The number of rotatable bonds is 0. The van der Waals surface area contributed by atoms with E-state index in [2.05, 4.69) is 4.98 Å². The topological polar surface area (TPSA) is 82.5 Å². The van der Waals surface area contributed by atoms with E-state index in [1.54, 1.807) is 0 Å². The molecule has 0 saturated heterocycles. The highest BCUT2D eigenvalue weighted by Gasteiger charge is 2.04. The molecule has 0 aromatic carbocycles. The summed E-state index contributed by atoms with van der Waals surface area (Å²) in [5.74, 6) is 0.811. The number of aromatic nitrogens is 2. The third kappa shape index (κ3) is 0.439. The zero-order valence-corrected chi connectivity index (χ0v) is 5.11. The Kier molecular flexibility index (Phi) is 0.743. The molecule has 0 aliphatic carbocycles. The molecule has 4 N–H and O–H groups in total. The van der Waals surface area contributed by atoms with Crippen LogP contribution >= 0.6 is 0 Å². The Balaban J connectivity index is 2.98. The Morgan fingerprint density at radius 2 is 2.30 bits per heavy atom. The van der Waals surface area contributed by atoms with Crippen LogP contribution in [-0.4, -0.2) is 9.38 Å². The highest BCUT2D eigenvalue weighted by Crippen LogP contribution is 2.14. The van der Waals surface area contributed by atoms with Gasteiger partial charge in [-0.25, -0.2) is 9.38 Å². The molecular weight excluding hydrogens is 132 g/mol. The van der Waals surface area contributed by atoms with Gasteiger partial charge in [0.05, 0.1) is 6.20 Å². The summed E-state index contributed by atoms with van der Waals surface area (Å²) in [5, 5.41) is 0. The van der Waals surface area contributed by atoms with Crippen LogP contribution in [0.1, 0.15) is 0 Å². The van der Waals surface area contributed by atoms with E-state index in [1.165, 1.54) is 16.9 Å². The lowest BCUT2D eigenvalue weighted by Crippen LogP contribution is -1.96. The van der Waals surface area contributed by atoms with Gasteiger partial charge in [0, 0.05) is 0 Å². The minimum absolute atomic E-state index is 0.348. The largest absolute Gasteiger partial charge is 0.443 e. The van der Waals surface area contributed by atoms with Gasteiger partial charge in [-0.2, -0.15) is 0 Å². The number of fused-ring (bicyclic) bond motifs is 1. The van der Waals surface area contributed by atoms with E-state index in [-0.39, 0.29) is 0 Å². The number of imidazole rings is 1. The van der Waals surface area contributed by atoms with Crippen LogP contribution in [0.4, 0.5) is 11.8 Å². The third-order valence-electron chi connectivity index (χ3n) is 1.32. The number of hydrogen-bond donors (Lipinski definition) is 2. The average Bonchev–Trinajstić information content (AvgIpc) is 2.40. The molecule has 0 amide bonds. The van der Waals surface area contributed by atoms with Crippen LogP contribution in [0.15, 0.2) is 16.9 Å². The van der Waals surface area contributed by atoms with Crippen molar-refractivity contribution in [2.45, 2.75) is 0 Å². The van der Waals surface area contributed by atoms with Crippen molar-refractivity contribution in [3.63, 3.8) is 0 Å². The van der Waals surface area contributed by atoms with Crippen molar-refractivity contribution in [1.82, 2.24) is 9.38 Å². The van der Waals surface area contributed by atoms with Gasteiger partial charge >= 0.3 is 0 Å². The summed E-state index contributed by atoms with van der Waals surface area (Å²) in [6.45, 7) is 0. The first-order valence-electron chi connectivity index (χ1n) is 2.75. The predicted molar refractivity (Wildman–Crippen MR) is 36.3 cm³/mol. The second-order valence-corrected chi connectivity index (χ2v) is 1.95. The Morgan fingerprint density at radius 1 is 1.50 bits per heavy atom. The summed E-state index contributed by atoms with van der Waals surface area (Å²) >= 11 is 0. The van der Waals surface area contributed by atoms with E-state index in [4.69, 9.17) is 15.9 Å². The molecule has 2 aromatic rings. The molecule has 52 valence electrons. The minimum atomic E-state index is 0.348. The highest BCUT2D eigenvalue weighted by atomic mass is 16.3. The smallest absolute Gasteiger partial charge is 0.226 e. The monoisotopic (exact) mass is 138 g/mol. The fourth-order valence-corrected chi connectivity index (χ4v) is 0.866. The molecule has 10 heavy (non-hydrogen) atoms. The van der Waals surface area contributed by atoms with E-state index in [0.717, 1.165) is 0 Å². The maximum atomic E-state index is 5.47. The lowest BCUT2D eigenvalue weighted by atomic mass is 10.8. The van der Waals surface area contributed by atoms with Crippen LogP contribution in [0.25, 0.3) is 5.71 Å². The number of nitrogens with two attached hydrogens (primary N) is 2. The lowest BCUT2D eigenvalue weighted by Gasteiger charge is -1.87. The molecule has 2 heterocycles. The third-order valence-corrected chi connectivity index (χ3v) is 1.32. The minimum Gasteiger partial charge on any atom is -0.443 e. The summed E-state index contributed by atoms with van der Waals surface area (Å²) in [7, 11) is 0. The van der Waals surface area contributed by atoms with Crippen molar-refractivity contribution in [2.24, 2.45) is 0 Å². The maximum Gasteiger partial charge on any atom is 0.226 e. The molecule has 0 atom stereocenters. The number of oxazole rings is 1. The number of nitrogen functional groups attached to an aromatic ring is 2. The first-order valence-corrected chi connectivity index (χ1v) is 2.75.